The van der Waals surface area contributed by atoms with Crippen molar-refractivity contribution in [2.24, 2.45) is 0 Å². The molecule has 2 aromatic heterocycles. The summed E-state index contributed by atoms with van der Waals surface area (Å²) in [5, 5.41) is 2.05. The number of halogens is 2. The summed E-state index contributed by atoms with van der Waals surface area (Å²) in [6, 6.07) is 8.92. The lowest BCUT2D eigenvalue weighted by atomic mass is 10.2. The second-order valence-corrected chi connectivity index (χ2v) is 5.60. The molecule has 1 unspecified atom stereocenters. The maximum absolute atomic E-state index is 13.3. The molecule has 0 fully saturated rings. The first-order valence-corrected chi connectivity index (χ1v) is 7.38. The van der Waals surface area contributed by atoms with Crippen LogP contribution in [0, 0.1) is 5.82 Å². The topological polar surface area (TPSA) is 17.8 Å². The van der Waals surface area contributed by atoms with E-state index in [1.165, 1.54) is 17.0 Å². The van der Waals surface area contributed by atoms with Gasteiger partial charge in [-0.1, -0.05) is 6.07 Å². The molecule has 3 aromatic rings. The zero-order valence-corrected chi connectivity index (χ0v) is 11.9. The number of benzene rings is 1. The van der Waals surface area contributed by atoms with Crippen LogP contribution in [-0.4, -0.2) is 9.55 Å². The predicted octanol–water partition coefficient (Wildman–Crippen LogP) is 4.59. The van der Waals surface area contributed by atoms with Gasteiger partial charge in [-0.2, -0.15) is 0 Å². The van der Waals surface area contributed by atoms with Crippen LogP contribution < -0.4 is 0 Å². The molecule has 3 rings (SSSR count). The summed E-state index contributed by atoms with van der Waals surface area (Å²) >= 11 is 7.67. The number of aromatic nitrogens is 2. The molecule has 5 heteroatoms. The molecule has 2 nitrogen and oxygen atoms in total. The Bertz CT molecular complexity index is 706. The maximum Gasteiger partial charge on any atom is 0.125 e. The third-order valence-corrected chi connectivity index (χ3v) is 4.47. The summed E-state index contributed by atoms with van der Waals surface area (Å²) in [6.07, 6.45) is 0. The molecule has 0 radical (unpaired) electrons. The van der Waals surface area contributed by atoms with E-state index in [1.54, 1.807) is 17.4 Å². The van der Waals surface area contributed by atoms with Crippen molar-refractivity contribution in [1.29, 1.82) is 0 Å². The Morgan fingerprint density at radius 3 is 2.95 bits per heavy atom. The molecule has 0 aliphatic rings. The molecule has 0 spiro atoms. The number of rotatable bonds is 3. The molecule has 0 amide bonds. The van der Waals surface area contributed by atoms with Crippen molar-refractivity contribution in [3.05, 3.63) is 52.2 Å². The van der Waals surface area contributed by atoms with Gasteiger partial charge in [0.15, 0.2) is 0 Å². The van der Waals surface area contributed by atoms with Gasteiger partial charge in [-0.05, 0) is 30.5 Å². The molecule has 19 heavy (non-hydrogen) atoms. The molecule has 0 saturated heterocycles. The van der Waals surface area contributed by atoms with Gasteiger partial charge in [0, 0.05) is 10.9 Å². The molecule has 1 atom stereocenters. The van der Waals surface area contributed by atoms with E-state index in [2.05, 4.69) is 22.5 Å². The van der Waals surface area contributed by atoms with Gasteiger partial charge in [-0.25, -0.2) is 9.37 Å². The number of alkyl halides is 1. The monoisotopic (exact) mass is 294 g/mol. The van der Waals surface area contributed by atoms with Crippen molar-refractivity contribution in [2.45, 2.75) is 18.8 Å². The second-order valence-electron chi connectivity index (χ2n) is 4.36. The van der Waals surface area contributed by atoms with Gasteiger partial charge in [0.05, 0.1) is 23.0 Å². The molecule has 0 bridgehead atoms. The first kappa shape index (κ1) is 12.6. The second kappa shape index (κ2) is 4.94. The maximum atomic E-state index is 13.3. The van der Waals surface area contributed by atoms with E-state index in [0.29, 0.717) is 11.4 Å². The smallest absolute Gasteiger partial charge is 0.125 e. The molecule has 1 aromatic carbocycles. The fraction of sp³-hybridized carbons (Fsp3) is 0.214. The highest BCUT2D eigenvalue weighted by molar-refractivity contribution is 7.10. The Labute approximate surface area is 119 Å². The number of fused-ring (bicyclic) bond motifs is 1. The van der Waals surface area contributed by atoms with Gasteiger partial charge < -0.3 is 4.57 Å². The Kier molecular flexibility index (Phi) is 3.29. The first-order valence-electron chi connectivity index (χ1n) is 5.96. The zero-order valence-electron chi connectivity index (χ0n) is 10.3. The SMILES string of the molecule is CC(c1cccs1)n1c(CCl)nc2cc(F)ccc21. The predicted molar refractivity (Wildman–Crippen MR) is 77.4 cm³/mol. The lowest BCUT2D eigenvalue weighted by molar-refractivity contribution is 0.628. The summed E-state index contributed by atoms with van der Waals surface area (Å²) in [5.74, 6) is 0.802. The fourth-order valence-electron chi connectivity index (χ4n) is 2.30. The largest absolute Gasteiger partial charge is 0.319 e. The Hall–Kier alpha value is -1.39. The van der Waals surface area contributed by atoms with Crippen LogP contribution in [0.15, 0.2) is 35.7 Å². The summed E-state index contributed by atoms with van der Waals surface area (Å²) in [6.45, 7) is 2.10. The van der Waals surface area contributed by atoms with Crippen molar-refractivity contribution in [3.63, 3.8) is 0 Å². The van der Waals surface area contributed by atoms with E-state index in [9.17, 15) is 4.39 Å². The number of hydrogen-bond acceptors (Lipinski definition) is 2. The Morgan fingerprint density at radius 2 is 2.26 bits per heavy atom. The highest BCUT2D eigenvalue weighted by atomic mass is 35.5. The lowest BCUT2D eigenvalue weighted by Gasteiger charge is -2.15. The average molecular weight is 295 g/mol. The lowest BCUT2D eigenvalue weighted by Crippen LogP contribution is -2.08. The van der Waals surface area contributed by atoms with Crippen molar-refractivity contribution < 1.29 is 4.39 Å². The van der Waals surface area contributed by atoms with Crippen LogP contribution in [0.1, 0.15) is 23.7 Å². The molecule has 2 heterocycles. The van der Waals surface area contributed by atoms with Crippen LogP contribution in [0.3, 0.4) is 0 Å². The molecule has 98 valence electrons. The van der Waals surface area contributed by atoms with E-state index in [4.69, 9.17) is 11.6 Å². The summed E-state index contributed by atoms with van der Waals surface area (Å²) in [7, 11) is 0. The Morgan fingerprint density at radius 1 is 1.42 bits per heavy atom. The quantitative estimate of drug-likeness (QED) is 0.646. The highest BCUT2D eigenvalue weighted by Crippen LogP contribution is 2.29. The molecular formula is C14H12ClFN2S. The van der Waals surface area contributed by atoms with Gasteiger partial charge in [0.1, 0.15) is 11.6 Å². The fourth-order valence-corrected chi connectivity index (χ4v) is 3.27. The van der Waals surface area contributed by atoms with Gasteiger partial charge in [0.2, 0.25) is 0 Å². The van der Waals surface area contributed by atoms with Crippen LogP contribution in [0.4, 0.5) is 4.39 Å². The molecule has 0 aliphatic carbocycles. The van der Waals surface area contributed by atoms with Crippen molar-refractivity contribution >= 4 is 34.0 Å². The number of hydrogen-bond donors (Lipinski definition) is 0. The first-order chi connectivity index (χ1) is 9.20. The van der Waals surface area contributed by atoms with Gasteiger partial charge in [-0.3, -0.25) is 0 Å². The molecule has 0 N–H and O–H groups in total. The average Bonchev–Trinajstić information content (AvgIpc) is 3.04. The van der Waals surface area contributed by atoms with Crippen LogP contribution in [0.5, 0.6) is 0 Å². The van der Waals surface area contributed by atoms with Crippen LogP contribution in [0.2, 0.25) is 0 Å². The van der Waals surface area contributed by atoms with Gasteiger partial charge >= 0.3 is 0 Å². The third-order valence-electron chi connectivity index (χ3n) is 3.19. The Balaban J connectivity index is 2.21. The zero-order chi connectivity index (χ0) is 13.4. The number of thiophene rings is 1. The molecular weight excluding hydrogens is 283 g/mol. The van der Waals surface area contributed by atoms with E-state index in [0.717, 1.165) is 11.3 Å². The summed E-state index contributed by atoms with van der Waals surface area (Å²) in [4.78, 5) is 5.65. The summed E-state index contributed by atoms with van der Waals surface area (Å²) < 4.78 is 15.4. The van der Waals surface area contributed by atoms with Gasteiger partial charge in [-0.15, -0.1) is 22.9 Å². The van der Waals surface area contributed by atoms with E-state index in [-0.39, 0.29) is 11.9 Å². The minimum atomic E-state index is -0.276. The normalized spacial score (nSPS) is 13.0. The van der Waals surface area contributed by atoms with E-state index >= 15 is 0 Å². The standard InChI is InChI=1S/C14H12ClFN2S/c1-9(13-3-2-6-19-13)18-12-5-4-10(16)7-11(12)17-14(18)8-15/h2-7,9H,8H2,1H3. The summed E-state index contributed by atoms with van der Waals surface area (Å²) in [5.41, 5.74) is 1.57. The van der Waals surface area contributed by atoms with E-state index in [1.807, 2.05) is 11.4 Å². The van der Waals surface area contributed by atoms with Crippen LogP contribution in [0.25, 0.3) is 11.0 Å². The van der Waals surface area contributed by atoms with Gasteiger partial charge in [0.25, 0.3) is 0 Å². The number of nitrogens with zero attached hydrogens (tertiary/aromatic N) is 2. The van der Waals surface area contributed by atoms with Crippen molar-refractivity contribution in [3.8, 4) is 0 Å². The molecule has 0 aliphatic heterocycles. The van der Waals surface area contributed by atoms with E-state index < -0.39 is 0 Å². The molecule has 0 saturated carbocycles. The highest BCUT2D eigenvalue weighted by Gasteiger charge is 2.17. The minimum Gasteiger partial charge on any atom is -0.319 e. The van der Waals surface area contributed by atoms with Crippen LogP contribution >= 0.6 is 22.9 Å². The number of imidazole rings is 1. The minimum absolute atomic E-state index is 0.143. The van der Waals surface area contributed by atoms with Crippen molar-refractivity contribution in [2.75, 3.05) is 0 Å². The van der Waals surface area contributed by atoms with Crippen LogP contribution in [-0.2, 0) is 5.88 Å². The third kappa shape index (κ3) is 2.15. The van der Waals surface area contributed by atoms with Crippen molar-refractivity contribution in [1.82, 2.24) is 9.55 Å².